The van der Waals surface area contributed by atoms with Crippen LogP contribution in [0.15, 0.2) is 43.0 Å². The van der Waals surface area contributed by atoms with Crippen LogP contribution in [0.3, 0.4) is 0 Å². The molecule has 3 heteroatoms. The van der Waals surface area contributed by atoms with Gasteiger partial charge in [0.25, 0.3) is 0 Å². The molecule has 0 aromatic carbocycles. The Labute approximate surface area is 103 Å². The zero-order chi connectivity index (χ0) is 11.9. The molecule has 0 aliphatic heterocycles. The van der Waals surface area contributed by atoms with Crippen LogP contribution in [0.5, 0.6) is 0 Å². The van der Waals surface area contributed by atoms with E-state index in [4.69, 9.17) is 0 Å². The Morgan fingerprint density at radius 2 is 2.00 bits per heavy atom. The molecule has 0 saturated carbocycles. The summed E-state index contributed by atoms with van der Waals surface area (Å²) in [7, 11) is 0. The Bertz CT molecular complexity index is 434. The van der Waals surface area contributed by atoms with E-state index in [2.05, 4.69) is 52.4 Å². The average molecular weight is 229 g/mol. The van der Waals surface area contributed by atoms with E-state index >= 15 is 0 Å². The molecular weight excluding hydrogens is 210 g/mol. The Morgan fingerprint density at radius 3 is 2.76 bits per heavy atom. The average Bonchev–Trinajstić information content (AvgIpc) is 2.83. The van der Waals surface area contributed by atoms with Crippen LogP contribution >= 0.6 is 0 Å². The monoisotopic (exact) mass is 229 g/mol. The van der Waals surface area contributed by atoms with Crippen molar-refractivity contribution in [3.05, 3.63) is 54.1 Å². The Kier molecular flexibility index (Phi) is 4.33. The second-order valence-electron chi connectivity index (χ2n) is 4.14. The molecule has 2 rings (SSSR count). The molecule has 0 aliphatic carbocycles. The van der Waals surface area contributed by atoms with Crippen LogP contribution in [0, 0.1) is 0 Å². The molecule has 0 bridgehead atoms. The number of rotatable bonds is 6. The smallest absolute Gasteiger partial charge is 0.0270 e. The molecule has 0 saturated heterocycles. The van der Waals surface area contributed by atoms with Crippen molar-refractivity contribution in [2.45, 2.75) is 26.4 Å². The number of hydrogen-bond acceptors (Lipinski definition) is 2. The quantitative estimate of drug-likeness (QED) is 0.823. The van der Waals surface area contributed by atoms with Gasteiger partial charge in [0.15, 0.2) is 0 Å². The molecule has 0 amide bonds. The maximum absolute atomic E-state index is 4.02. The van der Waals surface area contributed by atoms with Crippen molar-refractivity contribution in [3.63, 3.8) is 0 Å². The van der Waals surface area contributed by atoms with Gasteiger partial charge in [0.1, 0.15) is 0 Å². The van der Waals surface area contributed by atoms with E-state index in [9.17, 15) is 0 Å². The van der Waals surface area contributed by atoms with Gasteiger partial charge in [-0.25, -0.2) is 0 Å². The summed E-state index contributed by atoms with van der Waals surface area (Å²) >= 11 is 0. The number of aryl methyl sites for hydroxylation is 2. The highest BCUT2D eigenvalue weighted by Gasteiger charge is 1.97. The van der Waals surface area contributed by atoms with Gasteiger partial charge in [0.2, 0.25) is 0 Å². The number of pyridine rings is 1. The molecule has 2 aromatic rings. The third-order valence-electron chi connectivity index (χ3n) is 2.80. The summed E-state index contributed by atoms with van der Waals surface area (Å²) in [5.41, 5.74) is 2.68. The fourth-order valence-corrected chi connectivity index (χ4v) is 1.81. The molecule has 0 fully saturated rings. The van der Waals surface area contributed by atoms with Gasteiger partial charge in [0.05, 0.1) is 0 Å². The largest absolute Gasteiger partial charge is 0.354 e. The molecule has 3 nitrogen and oxygen atoms in total. The van der Waals surface area contributed by atoms with Crippen molar-refractivity contribution in [2.24, 2.45) is 0 Å². The first-order valence-electron chi connectivity index (χ1n) is 6.13. The molecule has 90 valence electrons. The lowest BCUT2D eigenvalue weighted by atomic mass is 10.2. The van der Waals surface area contributed by atoms with Crippen molar-refractivity contribution < 1.29 is 0 Å². The van der Waals surface area contributed by atoms with Gasteiger partial charge >= 0.3 is 0 Å². The van der Waals surface area contributed by atoms with Gasteiger partial charge in [0, 0.05) is 37.9 Å². The molecule has 0 spiro atoms. The van der Waals surface area contributed by atoms with E-state index in [1.165, 1.54) is 11.1 Å². The van der Waals surface area contributed by atoms with Gasteiger partial charge in [-0.15, -0.1) is 0 Å². The van der Waals surface area contributed by atoms with Gasteiger partial charge < -0.3 is 9.88 Å². The SMILES string of the molecule is CCNCc1ccn(CCc2ccncc2)c1. The normalized spacial score (nSPS) is 10.6. The maximum atomic E-state index is 4.02. The Morgan fingerprint density at radius 1 is 1.18 bits per heavy atom. The zero-order valence-electron chi connectivity index (χ0n) is 10.3. The number of nitrogens with zero attached hydrogens (tertiary/aromatic N) is 2. The minimum absolute atomic E-state index is 0.957. The van der Waals surface area contributed by atoms with E-state index in [0.29, 0.717) is 0 Å². The molecule has 1 N–H and O–H groups in total. The third-order valence-corrected chi connectivity index (χ3v) is 2.80. The van der Waals surface area contributed by atoms with Gasteiger partial charge in [-0.3, -0.25) is 4.98 Å². The minimum atomic E-state index is 0.957. The third kappa shape index (κ3) is 3.71. The second-order valence-corrected chi connectivity index (χ2v) is 4.14. The minimum Gasteiger partial charge on any atom is -0.354 e. The number of nitrogens with one attached hydrogen (secondary N) is 1. The predicted octanol–water partition coefficient (Wildman–Crippen LogP) is 2.24. The first kappa shape index (κ1) is 11.9. The molecule has 0 aliphatic rings. The maximum Gasteiger partial charge on any atom is 0.0270 e. The van der Waals surface area contributed by atoms with Crippen LogP contribution in [0.1, 0.15) is 18.1 Å². The Hall–Kier alpha value is -1.61. The van der Waals surface area contributed by atoms with E-state index in [1.54, 1.807) is 0 Å². The molecule has 0 radical (unpaired) electrons. The highest BCUT2D eigenvalue weighted by molar-refractivity contribution is 5.12. The highest BCUT2D eigenvalue weighted by atomic mass is 14.9. The van der Waals surface area contributed by atoms with Crippen molar-refractivity contribution in [2.75, 3.05) is 6.54 Å². The lowest BCUT2D eigenvalue weighted by Crippen LogP contribution is -2.11. The highest BCUT2D eigenvalue weighted by Crippen LogP contribution is 2.04. The summed E-state index contributed by atoms with van der Waals surface area (Å²) in [5, 5.41) is 3.33. The molecule has 2 aromatic heterocycles. The summed E-state index contributed by atoms with van der Waals surface area (Å²) in [5.74, 6) is 0. The summed E-state index contributed by atoms with van der Waals surface area (Å²) < 4.78 is 2.24. The summed E-state index contributed by atoms with van der Waals surface area (Å²) in [4.78, 5) is 4.02. The van der Waals surface area contributed by atoms with Gasteiger partial charge in [-0.1, -0.05) is 6.92 Å². The Balaban J connectivity index is 1.85. The van der Waals surface area contributed by atoms with Crippen molar-refractivity contribution in [1.29, 1.82) is 0 Å². The van der Waals surface area contributed by atoms with Crippen LogP contribution in [0.2, 0.25) is 0 Å². The van der Waals surface area contributed by atoms with Crippen LogP contribution in [0.25, 0.3) is 0 Å². The zero-order valence-corrected chi connectivity index (χ0v) is 10.3. The van der Waals surface area contributed by atoms with E-state index < -0.39 is 0 Å². The molecule has 0 unspecified atom stereocenters. The summed E-state index contributed by atoms with van der Waals surface area (Å²) in [6, 6.07) is 6.32. The standard InChI is InChI=1S/C14H19N3/c1-2-15-11-14-6-10-17(12-14)9-5-13-3-7-16-8-4-13/h3-4,6-8,10,12,15H,2,5,9,11H2,1H3. The first-order valence-corrected chi connectivity index (χ1v) is 6.13. The molecule has 2 heterocycles. The molecule has 0 atom stereocenters. The topological polar surface area (TPSA) is 29.9 Å². The summed E-state index contributed by atoms with van der Waals surface area (Å²) in [6.07, 6.45) is 9.11. The van der Waals surface area contributed by atoms with E-state index in [-0.39, 0.29) is 0 Å². The van der Waals surface area contributed by atoms with Crippen molar-refractivity contribution >= 4 is 0 Å². The second kappa shape index (κ2) is 6.21. The van der Waals surface area contributed by atoms with Crippen molar-refractivity contribution in [1.82, 2.24) is 14.9 Å². The molecule has 17 heavy (non-hydrogen) atoms. The number of hydrogen-bond donors (Lipinski definition) is 1. The predicted molar refractivity (Wildman–Crippen MR) is 69.8 cm³/mol. The lowest BCUT2D eigenvalue weighted by molar-refractivity contribution is 0.688. The van der Waals surface area contributed by atoms with Gasteiger partial charge in [-0.2, -0.15) is 0 Å². The van der Waals surface area contributed by atoms with Crippen LogP contribution in [0.4, 0.5) is 0 Å². The van der Waals surface area contributed by atoms with Crippen LogP contribution < -0.4 is 5.32 Å². The fourth-order valence-electron chi connectivity index (χ4n) is 1.81. The van der Waals surface area contributed by atoms with Crippen LogP contribution in [-0.2, 0) is 19.5 Å². The number of aromatic nitrogens is 2. The van der Waals surface area contributed by atoms with Crippen molar-refractivity contribution in [3.8, 4) is 0 Å². The van der Waals surface area contributed by atoms with Gasteiger partial charge in [-0.05, 0) is 42.3 Å². The van der Waals surface area contributed by atoms with Crippen LogP contribution in [-0.4, -0.2) is 16.1 Å². The lowest BCUT2D eigenvalue weighted by Gasteiger charge is -2.03. The summed E-state index contributed by atoms with van der Waals surface area (Å²) in [6.45, 7) is 5.12. The fraction of sp³-hybridized carbons (Fsp3) is 0.357. The molecular formula is C14H19N3. The first-order chi connectivity index (χ1) is 8.38. The van der Waals surface area contributed by atoms with E-state index in [1.807, 2.05) is 12.4 Å². The van der Waals surface area contributed by atoms with E-state index in [0.717, 1.165) is 26.1 Å².